The number of methoxy groups -OCH3 is 1. The quantitative estimate of drug-likeness (QED) is 0.296. The largest absolute Gasteiger partial charge is 0.494 e. The number of hydrogen-bond donors (Lipinski definition) is 2. The summed E-state index contributed by atoms with van der Waals surface area (Å²) in [6, 6.07) is 8.59. The summed E-state index contributed by atoms with van der Waals surface area (Å²) in [4.78, 5) is 6.38. The van der Waals surface area contributed by atoms with Gasteiger partial charge < -0.3 is 24.8 Å². The van der Waals surface area contributed by atoms with Gasteiger partial charge in [-0.3, -0.25) is 4.98 Å². The Hall–Kier alpha value is -3.29. The Balaban J connectivity index is 1.51. The van der Waals surface area contributed by atoms with E-state index in [9.17, 15) is 17.6 Å². The maximum atomic E-state index is 14.4. The Kier molecular flexibility index (Phi) is 9.03. The molecule has 2 unspecified atom stereocenters. The van der Waals surface area contributed by atoms with Crippen molar-refractivity contribution in [2.45, 2.75) is 57.7 Å². The van der Waals surface area contributed by atoms with Crippen LogP contribution in [-0.4, -0.2) is 66.6 Å². The van der Waals surface area contributed by atoms with Crippen LogP contribution in [0, 0.1) is 11.8 Å². The first-order valence-corrected chi connectivity index (χ1v) is 13.1. The highest BCUT2D eigenvalue weighted by atomic mass is 19.4. The highest BCUT2D eigenvalue weighted by Gasteiger charge is 2.30. The van der Waals surface area contributed by atoms with Crippen molar-refractivity contribution in [3.8, 4) is 17.6 Å². The van der Waals surface area contributed by atoms with Gasteiger partial charge in [0.15, 0.2) is 0 Å². The monoisotopic (exact) mass is 545 g/mol. The Bertz CT molecular complexity index is 1340. The molecule has 1 saturated heterocycles. The standard InChI is InChI=1S/C29H35F4N5O/c1-19(2)25-14-28(39-4)26(16-36-25)34-10-5-6-22-13-21-12-20(7-8-27(21)38(22)18-29(31,32)33)15-35-24-9-11-37(3)17-23(24)30/h7-8,12-14,16,19,23-24,34-35H,9-11,15,17-18H2,1-4H3. The lowest BCUT2D eigenvalue weighted by molar-refractivity contribution is -0.140. The number of fused-ring (bicyclic) bond motifs is 1. The number of piperidine rings is 1. The molecule has 0 aliphatic carbocycles. The van der Waals surface area contributed by atoms with Crippen LogP contribution in [-0.2, 0) is 13.1 Å². The minimum absolute atomic E-state index is 0.197. The minimum atomic E-state index is -4.40. The number of halogens is 4. The molecular formula is C29H35F4N5O. The predicted molar refractivity (Wildman–Crippen MR) is 146 cm³/mol. The molecule has 0 spiro atoms. The van der Waals surface area contributed by atoms with Crippen molar-refractivity contribution in [3.63, 3.8) is 0 Å². The van der Waals surface area contributed by atoms with E-state index in [1.807, 2.05) is 37.9 Å². The number of alkyl halides is 4. The van der Waals surface area contributed by atoms with Crippen LogP contribution in [0.25, 0.3) is 10.9 Å². The van der Waals surface area contributed by atoms with Gasteiger partial charge in [-0.1, -0.05) is 25.8 Å². The lowest BCUT2D eigenvalue weighted by atomic mass is 10.0. The van der Waals surface area contributed by atoms with Gasteiger partial charge in [-0.2, -0.15) is 13.2 Å². The summed E-state index contributed by atoms with van der Waals surface area (Å²) in [5.41, 5.74) is 3.15. The Morgan fingerprint density at radius 3 is 2.69 bits per heavy atom. The van der Waals surface area contributed by atoms with Crippen LogP contribution < -0.4 is 15.4 Å². The number of hydrogen-bond acceptors (Lipinski definition) is 5. The van der Waals surface area contributed by atoms with E-state index < -0.39 is 18.9 Å². The first-order valence-electron chi connectivity index (χ1n) is 13.1. The van der Waals surface area contributed by atoms with Gasteiger partial charge in [0.1, 0.15) is 18.5 Å². The van der Waals surface area contributed by atoms with Crippen LogP contribution in [0.4, 0.5) is 23.2 Å². The van der Waals surface area contributed by atoms with E-state index in [1.165, 1.54) is 4.57 Å². The lowest BCUT2D eigenvalue weighted by Crippen LogP contribution is -2.49. The third-order valence-corrected chi connectivity index (χ3v) is 6.90. The zero-order chi connectivity index (χ0) is 28.2. The summed E-state index contributed by atoms with van der Waals surface area (Å²) in [5, 5.41) is 7.06. The third-order valence-electron chi connectivity index (χ3n) is 6.90. The number of rotatable bonds is 8. The van der Waals surface area contributed by atoms with Crippen LogP contribution >= 0.6 is 0 Å². The summed E-state index contributed by atoms with van der Waals surface area (Å²) in [7, 11) is 3.47. The summed E-state index contributed by atoms with van der Waals surface area (Å²) >= 11 is 0. The van der Waals surface area contributed by atoms with E-state index in [0.717, 1.165) is 17.8 Å². The van der Waals surface area contributed by atoms with E-state index in [2.05, 4.69) is 27.5 Å². The fraction of sp³-hybridized carbons (Fsp3) is 0.483. The average molecular weight is 546 g/mol. The van der Waals surface area contributed by atoms with E-state index in [0.29, 0.717) is 41.9 Å². The number of likely N-dealkylation sites (tertiary alicyclic amines) is 1. The zero-order valence-electron chi connectivity index (χ0n) is 22.7. The van der Waals surface area contributed by atoms with Crippen LogP contribution in [0.1, 0.15) is 43.1 Å². The number of pyridine rings is 1. The van der Waals surface area contributed by atoms with Crippen molar-refractivity contribution in [1.29, 1.82) is 0 Å². The summed E-state index contributed by atoms with van der Waals surface area (Å²) in [6.45, 7) is 4.78. The number of nitrogens with one attached hydrogen (secondary N) is 2. The van der Waals surface area contributed by atoms with Gasteiger partial charge in [-0.05, 0) is 55.6 Å². The van der Waals surface area contributed by atoms with Gasteiger partial charge in [0.25, 0.3) is 0 Å². The molecule has 3 heterocycles. The summed E-state index contributed by atoms with van der Waals surface area (Å²) in [6.07, 6.45) is -2.98. The van der Waals surface area contributed by atoms with Crippen LogP contribution in [0.15, 0.2) is 36.5 Å². The molecule has 1 aromatic carbocycles. The molecular weight excluding hydrogens is 510 g/mol. The lowest BCUT2D eigenvalue weighted by Gasteiger charge is -2.32. The highest BCUT2D eigenvalue weighted by molar-refractivity contribution is 5.83. The number of nitrogens with zero attached hydrogens (tertiary/aromatic N) is 3. The number of ether oxygens (including phenoxy) is 1. The molecule has 1 aliphatic heterocycles. The first-order chi connectivity index (χ1) is 18.5. The molecule has 6 nitrogen and oxygen atoms in total. The van der Waals surface area contributed by atoms with E-state index in [1.54, 1.807) is 31.5 Å². The molecule has 0 bridgehead atoms. The topological polar surface area (TPSA) is 54.4 Å². The van der Waals surface area contributed by atoms with Crippen LogP contribution in [0.5, 0.6) is 5.75 Å². The first kappa shape index (κ1) is 28.7. The second-order valence-corrected chi connectivity index (χ2v) is 10.3. The maximum absolute atomic E-state index is 14.4. The molecule has 2 N–H and O–H groups in total. The molecule has 0 radical (unpaired) electrons. The minimum Gasteiger partial charge on any atom is -0.494 e. The van der Waals surface area contributed by atoms with Gasteiger partial charge in [0.2, 0.25) is 0 Å². The normalized spacial score (nSPS) is 18.3. The fourth-order valence-corrected chi connectivity index (χ4v) is 4.76. The fourth-order valence-electron chi connectivity index (χ4n) is 4.76. The average Bonchev–Trinajstić information content (AvgIpc) is 3.20. The SMILES string of the molecule is COc1cc(C(C)C)ncc1NCC#Cc1cc2cc(CNC3CCN(C)CC3F)ccc2n1CC(F)(F)F. The van der Waals surface area contributed by atoms with Crippen molar-refractivity contribution in [1.82, 2.24) is 19.8 Å². The van der Waals surface area contributed by atoms with Gasteiger partial charge >= 0.3 is 6.18 Å². The molecule has 2 atom stereocenters. The third kappa shape index (κ3) is 7.43. The van der Waals surface area contributed by atoms with Gasteiger partial charge in [-0.15, -0.1) is 0 Å². The molecule has 0 saturated carbocycles. The van der Waals surface area contributed by atoms with Crippen molar-refractivity contribution in [3.05, 3.63) is 53.5 Å². The molecule has 4 rings (SSSR count). The van der Waals surface area contributed by atoms with Gasteiger partial charge in [0.05, 0.1) is 31.2 Å². The van der Waals surface area contributed by atoms with Gasteiger partial charge in [0, 0.05) is 41.8 Å². The van der Waals surface area contributed by atoms with Crippen LogP contribution in [0.3, 0.4) is 0 Å². The number of anilines is 1. The Morgan fingerprint density at radius 1 is 1.21 bits per heavy atom. The predicted octanol–water partition coefficient (Wildman–Crippen LogP) is 5.33. The smallest absolute Gasteiger partial charge is 0.406 e. The molecule has 1 fully saturated rings. The van der Waals surface area contributed by atoms with Gasteiger partial charge in [-0.25, -0.2) is 4.39 Å². The summed E-state index contributed by atoms with van der Waals surface area (Å²) < 4.78 is 61.3. The van der Waals surface area contributed by atoms with Crippen molar-refractivity contribution in [2.24, 2.45) is 0 Å². The molecule has 39 heavy (non-hydrogen) atoms. The Labute approximate surface area is 226 Å². The number of benzene rings is 1. The molecule has 3 aromatic rings. The Morgan fingerprint density at radius 2 is 2.00 bits per heavy atom. The van der Waals surface area contributed by atoms with E-state index in [-0.39, 0.29) is 24.2 Å². The number of aromatic nitrogens is 2. The van der Waals surface area contributed by atoms with Crippen LogP contribution in [0.2, 0.25) is 0 Å². The van der Waals surface area contributed by atoms with Crippen molar-refractivity contribution in [2.75, 3.05) is 39.1 Å². The highest BCUT2D eigenvalue weighted by Crippen LogP contribution is 2.28. The van der Waals surface area contributed by atoms with E-state index in [4.69, 9.17) is 4.74 Å². The van der Waals surface area contributed by atoms with E-state index >= 15 is 0 Å². The second-order valence-electron chi connectivity index (χ2n) is 10.3. The van der Waals surface area contributed by atoms with Crippen molar-refractivity contribution < 1.29 is 22.3 Å². The molecule has 1 aliphatic rings. The molecule has 10 heteroatoms. The molecule has 0 amide bonds. The maximum Gasteiger partial charge on any atom is 0.406 e. The van der Waals surface area contributed by atoms with Crippen molar-refractivity contribution >= 4 is 16.6 Å². The second kappa shape index (κ2) is 12.3. The zero-order valence-corrected chi connectivity index (χ0v) is 22.7. The summed E-state index contributed by atoms with van der Waals surface area (Å²) in [5.74, 6) is 6.69. The molecule has 2 aromatic heterocycles. The molecule has 210 valence electrons.